The molecule has 34 heavy (non-hydrogen) atoms. The highest BCUT2D eigenvalue weighted by atomic mass is 16.5. The summed E-state index contributed by atoms with van der Waals surface area (Å²) in [7, 11) is 0. The van der Waals surface area contributed by atoms with Gasteiger partial charge in [0, 0.05) is 22.4 Å². The quantitative estimate of drug-likeness (QED) is 0.193. The van der Waals surface area contributed by atoms with Crippen LogP contribution >= 0.6 is 0 Å². The summed E-state index contributed by atoms with van der Waals surface area (Å²) in [5, 5.41) is 26.4. The zero-order valence-corrected chi connectivity index (χ0v) is 18.8. The smallest absolute Gasteiger partial charge is 0.268 e. The fourth-order valence-electron chi connectivity index (χ4n) is 2.69. The molecule has 0 aliphatic heterocycles. The Morgan fingerprint density at radius 3 is 2.00 bits per heavy atom. The third-order valence-corrected chi connectivity index (χ3v) is 4.49. The van der Waals surface area contributed by atoms with E-state index < -0.39 is 24.0 Å². The minimum Gasteiger partial charge on any atom is -0.391 e. The number of aliphatic hydroxyl groups is 1. The van der Waals surface area contributed by atoms with Crippen LogP contribution in [0, 0.1) is 23.7 Å². The maximum Gasteiger partial charge on any atom is 0.268 e. The van der Waals surface area contributed by atoms with Gasteiger partial charge in [-0.2, -0.15) is 0 Å². The van der Waals surface area contributed by atoms with Gasteiger partial charge >= 0.3 is 0 Å². The molecule has 2 rings (SSSR count). The minimum absolute atomic E-state index is 0.117. The van der Waals surface area contributed by atoms with E-state index in [4.69, 9.17) is 5.21 Å². The second kappa shape index (κ2) is 13.4. The molecule has 2 atom stereocenters. The highest BCUT2D eigenvalue weighted by Crippen LogP contribution is 2.08. The van der Waals surface area contributed by atoms with Crippen molar-refractivity contribution in [2.75, 3.05) is 18.4 Å². The number of aliphatic hydroxyl groups excluding tert-OH is 1. The molecule has 0 aromatic heterocycles. The summed E-state index contributed by atoms with van der Waals surface area (Å²) < 4.78 is 0. The summed E-state index contributed by atoms with van der Waals surface area (Å²) in [4.78, 5) is 35.5. The molecule has 3 amide bonds. The van der Waals surface area contributed by atoms with Crippen molar-refractivity contribution in [3.63, 3.8) is 0 Å². The number of hydroxylamine groups is 1. The van der Waals surface area contributed by atoms with Crippen molar-refractivity contribution in [3.05, 3.63) is 65.2 Å². The Hall–Kier alpha value is -4.15. The van der Waals surface area contributed by atoms with E-state index in [1.165, 1.54) is 24.5 Å². The largest absolute Gasteiger partial charge is 0.391 e. The molecule has 0 bridgehead atoms. The molecule has 9 heteroatoms. The number of hydrogen-bond donors (Lipinski definition) is 6. The van der Waals surface area contributed by atoms with Gasteiger partial charge in [0.15, 0.2) is 0 Å². The Balaban J connectivity index is 1.95. The van der Waals surface area contributed by atoms with E-state index in [1.807, 2.05) is 6.92 Å². The van der Waals surface area contributed by atoms with Gasteiger partial charge in [-0.05, 0) is 73.8 Å². The lowest BCUT2D eigenvalue weighted by atomic mass is 10.1. The lowest BCUT2D eigenvalue weighted by Crippen LogP contribution is -2.51. The van der Waals surface area contributed by atoms with Crippen LogP contribution in [0.5, 0.6) is 0 Å². The predicted molar refractivity (Wildman–Crippen MR) is 127 cm³/mol. The van der Waals surface area contributed by atoms with E-state index in [9.17, 15) is 19.5 Å². The maximum atomic E-state index is 12.3. The monoisotopic (exact) mass is 462 g/mol. The van der Waals surface area contributed by atoms with Gasteiger partial charge in [0.1, 0.15) is 6.04 Å². The number of rotatable bonds is 8. The van der Waals surface area contributed by atoms with Crippen LogP contribution in [-0.4, -0.2) is 53.3 Å². The van der Waals surface area contributed by atoms with Crippen molar-refractivity contribution < 1.29 is 24.7 Å². The Kier molecular flexibility index (Phi) is 10.3. The Bertz CT molecular complexity index is 1120. The molecule has 6 N–H and O–H groups in total. The van der Waals surface area contributed by atoms with E-state index in [-0.39, 0.29) is 18.0 Å². The Labute approximate surface area is 197 Å². The summed E-state index contributed by atoms with van der Waals surface area (Å²) in [6, 6.07) is 12.1. The van der Waals surface area contributed by atoms with Crippen LogP contribution in [0.4, 0.5) is 5.69 Å². The van der Waals surface area contributed by atoms with E-state index in [0.29, 0.717) is 11.3 Å². The molecule has 2 aromatic carbocycles. The van der Waals surface area contributed by atoms with Crippen LogP contribution in [0.25, 0.3) is 0 Å². The second-order valence-electron chi connectivity index (χ2n) is 7.15. The minimum atomic E-state index is -1.30. The molecule has 0 radical (unpaired) electrons. The third kappa shape index (κ3) is 8.41. The molecule has 0 saturated heterocycles. The van der Waals surface area contributed by atoms with Crippen LogP contribution < -0.4 is 21.4 Å². The summed E-state index contributed by atoms with van der Waals surface area (Å²) in [6.07, 6.45) is -1.20. The molecule has 0 spiro atoms. The van der Waals surface area contributed by atoms with E-state index >= 15 is 0 Å². The number of carbonyl (C=O) groups excluding carboxylic acids is 3. The summed E-state index contributed by atoms with van der Waals surface area (Å²) >= 11 is 0. The standard InChI is InChI=1S/C25H26N4O5/c1-3-26-16-22(31)27-21-14-10-19(11-15-21)7-5-4-6-18-8-12-20(13-9-18)24(32)28-23(17(2)30)25(33)29-34/h8-15,17,23,26,30,34H,3,16H2,1-2H3,(H,27,31)(H,28,32)(H,29,33)/t17-,23+/m1/s1. The molecule has 0 aliphatic rings. The summed E-state index contributed by atoms with van der Waals surface area (Å²) in [5.74, 6) is 9.64. The number of likely N-dealkylation sites (N-methyl/N-ethyl adjacent to an activating group) is 1. The SMILES string of the molecule is CCNCC(=O)Nc1ccc(C#CC#Cc2ccc(C(=O)N[C@H](C(=O)NO)[C@@H](C)O)cc2)cc1. The molecular weight excluding hydrogens is 436 g/mol. The summed E-state index contributed by atoms with van der Waals surface area (Å²) in [6.45, 7) is 4.22. The van der Waals surface area contributed by atoms with Crippen LogP contribution in [0.1, 0.15) is 35.3 Å². The first-order valence-electron chi connectivity index (χ1n) is 10.5. The van der Waals surface area contributed by atoms with Gasteiger partial charge in [-0.25, -0.2) is 5.48 Å². The van der Waals surface area contributed by atoms with Gasteiger partial charge in [0.2, 0.25) is 5.91 Å². The number of benzene rings is 2. The zero-order chi connectivity index (χ0) is 24.9. The predicted octanol–water partition coefficient (Wildman–Crippen LogP) is 0.622. The van der Waals surface area contributed by atoms with Crippen LogP contribution in [-0.2, 0) is 9.59 Å². The van der Waals surface area contributed by atoms with Gasteiger partial charge in [-0.1, -0.05) is 18.8 Å². The topological polar surface area (TPSA) is 140 Å². The average molecular weight is 463 g/mol. The lowest BCUT2D eigenvalue weighted by Gasteiger charge is -2.19. The molecule has 0 saturated carbocycles. The highest BCUT2D eigenvalue weighted by Gasteiger charge is 2.25. The van der Waals surface area contributed by atoms with E-state index in [2.05, 4.69) is 39.6 Å². The fraction of sp³-hybridized carbons (Fsp3) is 0.240. The normalized spacial score (nSPS) is 11.5. The van der Waals surface area contributed by atoms with Crippen molar-refractivity contribution in [3.8, 4) is 23.7 Å². The second-order valence-corrected chi connectivity index (χ2v) is 7.15. The molecule has 0 fully saturated rings. The first-order chi connectivity index (χ1) is 16.3. The van der Waals surface area contributed by atoms with Crippen molar-refractivity contribution in [2.45, 2.75) is 26.0 Å². The van der Waals surface area contributed by atoms with Crippen LogP contribution in [0.3, 0.4) is 0 Å². The van der Waals surface area contributed by atoms with Gasteiger partial charge in [-0.3, -0.25) is 19.6 Å². The molecule has 0 heterocycles. The maximum absolute atomic E-state index is 12.3. The van der Waals surface area contributed by atoms with Gasteiger partial charge in [-0.15, -0.1) is 0 Å². The van der Waals surface area contributed by atoms with Gasteiger partial charge in [0.05, 0.1) is 12.6 Å². The van der Waals surface area contributed by atoms with Crippen molar-refractivity contribution in [1.82, 2.24) is 16.1 Å². The number of nitrogens with one attached hydrogen (secondary N) is 4. The van der Waals surface area contributed by atoms with Crippen molar-refractivity contribution >= 4 is 23.4 Å². The number of amides is 3. The van der Waals surface area contributed by atoms with Gasteiger partial charge < -0.3 is 21.1 Å². The van der Waals surface area contributed by atoms with E-state index in [0.717, 1.165) is 12.1 Å². The molecular formula is C25H26N4O5. The molecule has 0 aliphatic carbocycles. The number of anilines is 1. The molecule has 9 nitrogen and oxygen atoms in total. The fourth-order valence-corrected chi connectivity index (χ4v) is 2.69. The highest BCUT2D eigenvalue weighted by molar-refractivity contribution is 5.97. The number of carbonyl (C=O) groups is 3. The van der Waals surface area contributed by atoms with Gasteiger partial charge in [0.25, 0.3) is 11.8 Å². The zero-order valence-electron chi connectivity index (χ0n) is 18.8. The van der Waals surface area contributed by atoms with Crippen molar-refractivity contribution in [1.29, 1.82) is 0 Å². The lowest BCUT2D eigenvalue weighted by molar-refractivity contribution is -0.133. The Morgan fingerprint density at radius 1 is 0.941 bits per heavy atom. The first kappa shape index (κ1) is 26.1. The van der Waals surface area contributed by atoms with E-state index in [1.54, 1.807) is 36.4 Å². The Morgan fingerprint density at radius 2 is 1.50 bits per heavy atom. The molecule has 0 unspecified atom stereocenters. The molecule has 2 aromatic rings. The molecule has 176 valence electrons. The van der Waals surface area contributed by atoms with Crippen LogP contribution in [0.15, 0.2) is 48.5 Å². The van der Waals surface area contributed by atoms with Crippen molar-refractivity contribution in [2.24, 2.45) is 0 Å². The first-order valence-corrected chi connectivity index (χ1v) is 10.5. The average Bonchev–Trinajstić information content (AvgIpc) is 2.84. The van der Waals surface area contributed by atoms with Crippen LogP contribution in [0.2, 0.25) is 0 Å². The summed E-state index contributed by atoms with van der Waals surface area (Å²) in [5.41, 5.74) is 3.71. The number of hydrogen-bond acceptors (Lipinski definition) is 6. The third-order valence-electron chi connectivity index (χ3n) is 4.49.